The number of rotatable bonds is 5. The van der Waals surface area contributed by atoms with Crippen molar-refractivity contribution in [1.29, 1.82) is 0 Å². The van der Waals surface area contributed by atoms with E-state index in [1.807, 2.05) is 0 Å². The van der Waals surface area contributed by atoms with Gasteiger partial charge < -0.3 is 19.5 Å². The molecule has 1 aliphatic carbocycles. The van der Waals surface area contributed by atoms with Crippen molar-refractivity contribution in [2.75, 3.05) is 26.6 Å². The number of thiophene rings is 1. The number of carbonyl (C=O) groups excluding carboxylic acids is 2. The molecule has 1 aromatic heterocycles. The Morgan fingerprint density at radius 1 is 1.07 bits per heavy atom. The zero-order valence-electron chi connectivity index (χ0n) is 18.4. The number of benzene rings is 1. The van der Waals surface area contributed by atoms with E-state index in [9.17, 15) is 9.59 Å². The molecule has 2 aromatic rings. The quantitative estimate of drug-likeness (QED) is 0.678. The van der Waals surface area contributed by atoms with Gasteiger partial charge >= 0.3 is 5.97 Å². The molecule has 1 N–H and O–H groups in total. The van der Waals surface area contributed by atoms with Crippen LogP contribution in [0.3, 0.4) is 0 Å². The topological polar surface area (TPSA) is 73.9 Å². The second kappa shape index (κ2) is 8.68. The Balaban J connectivity index is 1.95. The normalized spacial score (nSPS) is 15.9. The monoisotopic (exact) mass is 431 g/mol. The van der Waals surface area contributed by atoms with Crippen LogP contribution >= 0.6 is 11.3 Å². The maximum absolute atomic E-state index is 13.0. The number of methoxy groups -OCH3 is 3. The summed E-state index contributed by atoms with van der Waals surface area (Å²) in [6.45, 7) is 6.74. The Bertz CT molecular complexity index is 935. The first kappa shape index (κ1) is 22.2. The van der Waals surface area contributed by atoms with Crippen LogP contribution in [-0.4, -0.2) is 33.2 Å². The van der Waals surface area contributed by atoms with Crippen LogP contribution in [0.2, 0.25) is 0 Å². The van der Waals surface area contributed by atoms with Crippen LogP contribution in [0.5, 0.6) is 11.5 Å². The van der Waals surface area contributed by atoms with Crippen LogP contribution in [0.25, 0.3) is 0 Å². The summed E-state index contributed by atoms with van der Waals surface area (Å²) in [6, 6.07) is 4.98. The minimum absolute atomic E-state index is 0.188. The predicted molar refractivity (Wildman–Crippen MR) is 118 cm³/mol. The maximum Gasteiger partial charge on any atom is 0.341 e. The van der Waals surface area contributed by atoms with Crippen molar-refractivity contribution in [3.63, 3.8) is 0 Å². The van der Waals surface area contributed by atoms with E-state index in [1.165, 1.54) is 32.7 Å². The second-order valence-electron chi connectivity index (χ2n) is 8.56. The molecule has 162 valence electrons. The lowest BCUT2D eigenvalue weighted by Gasteiger charge is -2.33. The molecule has 0 radical (unpaired) electrons. The zero-order chi connectivity index (χ0) is 22.1. The lowest BCUT2D eigenvalue weighted by atomic mass is 9.72. The van der Waals surface area contributed by atoms with E-state index in [0.717, 1.165) is 29.7 Å². The van der Waals surface area contributed by atoms with Crippen LogP contribution in [0, 0.1) is 11.3 Å². The van der Waals surface area contributed by atoms with Gasteiger partial charge in [-0.15, -0.1) is 11.3 Å². The summed E-state index contributed by atoms with van der Waals surface area (Å²) in [4.78, 5) is 26.7. The Morgan fingerprint density at radius 3 is 2.23 bits per heavy atom. The molecule has 0 bridgehead atoms. The highest BCUT2D eigenvalue weighted by molar-refractivity contribution is 7.17. The van der Waals surface area contributed by atoms with Gasteiger partial charge in [0.05, 0.1) is 26.9 Å². The molecular weight excluding hydrogens is 402 g/mol. The van der Waals surface area contributed by atoms with Gasteiger partial charge in [-0.25, -0.2) is 4.79 Å². The van der Waals surface area contributed by atoms with Crippen molar-refractivity contribution in [3.8, 4) is 11.5 Å². The Labute approximate surface area is 181 Å². The lowest BCUT2D eigenvalue weighted by Crippen LogP contribution is -2.26. The Kier molecular flexibility index (Phi) is 6.41. The molecule has 1 atom stereocenters. The van der Waals surface area contributed by atoms with E-state index in [4.69, 9.17) is 14.2 Å². The number of anilines is 1. The number of fused-ring (bicyclic) bond motifs is 1. The summed E-state index contributed by atoms with van der Waals surface area (Å²) in [7, 11) is 4.43. The summed E-state index contributed by atoms with van der Waals surface area (Å²) in [5.41, 5.74) is 2.06. The number of ether oxygens (including phenoxy) is 3. The Hall–Kier alpha value is -2.54. The molecule has 1 amide bonds. The van der Waals surface area contributed by atoms with Gasteiger partial charge in [0, 0.05) is 16.5 Å². The van der Waals surface area contributed by atoms with Crippen LogP contribution < -0.4 is 14.8 Å². The summed E-state index contributed by atoms with van der Waals surface area (Å²) in [6.07, 6.45) is 2.72. The highest BCUT2D eigenvalue weighted by Gasteiger charge is 2.34. The molecular formula is C23H29NO5S. The highest BCUT2D eigenvalue weighted by Crippen LogP contribution is 2.44. The van der Waals surface area contributed by atoms with Gasteiger partial charge in [-0.2, -0.15) is 0 Å². The van der Waals surface area contributed by atoms with E-state index >= 15 is 0 Å². The summed E-state index contributed by atoms with van der Waals surface area (Å²) in [5.74, 6) is 0.821. The third-order valence-electron chi connectivity index (χ3n) is 5.72. The standard InChI is InChI=1S/C23H29NO5S/c1-23(2,3)14-7-8-17-18(11-14)30-21(19(17)22(26)29-6)24-20(25)13-9-15(27-4)12-16(10-13)28-5/h9-10,12,14H,7-8,11H2,1-6H3,(H,24,25)/t14-/m0/s1. The van der Waals surface area contributed by atoms with Crippen LogP contribution in [0.1, 0.15) is 58.3 Å². The molecule has 0 aliphatic heterocycles. The Morgan fingerprint density at radius 2 is 1.70 bits per heavy atom. The van der Waals surface area contributed by atoms with Gasteiger partial charge in [0.25, 0.3) is 5.91 Å². The van der Waals surface area contributed by atoms with Gasteiger partial charge in [0.2, 0.25) is 0 Å². The first-order valence-electron chi connectivity index (χ1n) is 9.95. The molecule has 3 rings (SSSR count). The van der Waals surface area contributed by atoms with Gasteiger partial charge in [0.15, 0.2) is 0 Å². The fourth-order valence-electron chi connectivity index (χ4n) is 3.84. The predicted octanol–water partition coefficient (Wildman–Crippen LogP) is 4.96. The molecule has 30 heavy (non-hydrogen) atoms. The minimum Gasteiger partial charge on any atom is -0.497 e. The highest BCUT2D eigenvalue weighted by atomic mass is 32.1. The van der Waals surface area contributed by atoms with E-state index in [-0.39, 0.29) is 11.3 Å². The maximum atomic E-state index is 13.0. The van der Waals surface area contributed by atoms with E-state index in [2.05, 4.69) is 26.1 Å². The number of hydrogen-bond donors (Lipinski definition) is 1. The van der Waals surface area contributed by atoms with Crippen LogP contribution in [0.4, 0.5) is 5.00 Å². The van der Waals surface area contributed by atoms with Gasteiger partial charge in [0.1, 0.15) is 16.5 Å². The molecule has 0 spiro atoms. The number of esters is 1. The van der Waals surface area contributed by atoms with Gasteiger partial charge in [-0.3, -0.25) is 4.79 Å². The number of amides is 1. The SMILES string of the molecule is COC(=O)c1c(NC(=O)c2cc(OC)cc(OC)c2)sc2c1CC[C@H](C(C)(C)C)C2. The second-order valence-corrected chi connectivity index (χ2v) is 9.67. The van der Waals surface area contributed by atoms with Gasteiger partial charge in [-0.1, -0.05) is 20.8 Å². The zero-order valence-corrected chi connectivity index (χ0v) is 19.2. The van der Waals surface area contributed by atoms with Crippen molar-refractivity contribution in [2.45, 2.75) is 40.0 Å². The van der Waals surface area contributed by atoms with Crippen molar-refractivity contribution in [2.24, 2.45) is 11.3 Å². The molecule has 1 aliphatic rings. The number of nitrogens with one attached hydrogen (secondary N) is 1. The van der Waals surface area contributed by atoms with Gasteiger partial charge in [-0.05, 0) is 48.3 Å². The summed E-state index contributed by atoms with van der Waals surface area (Å²) >= 11 is 1.47. The van der Waals surface area contributed by atoms with E-state index in [1.54, 1.807) is 18.2 Å². The largest absolute Gasteiger partial charge is 0.497 e. The molecule has 0 fully saturated rings. The fraction of sp³-hybridized carbons (Fsp3) is 0.478. The van der Waals surface area contributed by atoms with Crippen molar-refractivity contribution < 1.29 is 23.8 Å². The molecule has 0 unspecified atom stereocenters. The number of hydrogen-bond acceptors (Lipinski definition) is 6. The lowest BCUT2D eigenvalue weighted by molar-refractivity contribution is 0.0600. The average Bonchev–Trinajstić information content (AvgIpc) is 3.08. The van der Waals surface area contributed by atoms with Crippen LogP contribution in [-0.2, 0) is 17.6 Å². The van der Waals surface area contributed by atoms with Crippen molar-refractivity contribution >= 4 is 28.2 Å². The average molecular weight is 432 g/mol. The fourth-order valence-corrected chi connectivity index (χ4v) is 5.16. The first-order valence-corrected chi connectivity index (χ1v) is 10.8. The third kappa shape index (κ3) is 4.46. The van der Waals surface area contributed by atoms with E-state index < -0.39 is 5.97 Å². The molecule has 6 nitrogen and oxygen atoms in total. The molecule has 0 saturated heterocycles. The summed E-state index contributed by atoms with van der Waals surface area (Å²) in [5, 5.41) is 3.46. The van der Waals surface area contributed by atoms with Crippen molar-refractivity contribution in [1.82, 2.24) is 0 Å². The summed E-state index contributed by atoms with van der Waals surface area (Å²) < 4.78 is 15.5. The molecule has 7 heteroatoms. The number of carbonyl (C=O) groups is 2. The molecule has 1 heterocycles. The smallest absolute Gasteiger partial charge is 0.341 e. The van der Waals surface area contributed by atoms with Crippen molar-refractivity contribution in [3.05, 3.63) is 39.8 Å². The molecule has 1 aromatic carbocycles. The third-order valence-corrected chi connectivity index (χ3v) is 6.89. The molecule has 0 saturated carbocycles. The van der Waals surface area contributed by atoms with Crippen LogP contribution in [0.15, 0.2) is 18.2 Å². The van der Waals surface area contributed by atoms with E-state index in [0.29, 0.717) is 33.5 Å². The first-order chi connectivity index (χ1) is 14.2. The minimum atomic E-state index is -0.416.